The lowest BCUT2D eigenvalue weighted by molar-refractivity contribution is 0.567. The highest BCUT2D eigenvalue weighted by Crippen LogP contribution is 2.64. The largest absolute Gasteiger partial charge is 0.0616 e. The van der Waals surface area contributed by atoms with E-state index in [-0.39, 0.29) is 37.9 Å². The molecule has 0 aromatic heterocycles. The van der Waals surface area contributed by atoms with Gasteiger partial charge < -0.3 is 0 Å². The maximum Gasteiger partial charge on any atom is -0.000720 e. The van der Waals surface area contributed by atoms with Gasteiger partial charge in [0.05, 0.1) is 0 Å². The van der Waals surface area contributed by atoms with Crippen LogP contribution in [0.4, 0.5) is 0 Å². The van der Waals surface area contributed by atoms with Crippen molar-refractivity contribution < 1.29 is 0 Å². The van der Waals surface area contributed by atoms with E-state index in [2.05, 4.69) is 313 Å². The minimum atomic E-state index is -0.0381. The van der Waals surface area contributed by atoms with Crippen LogP contribution in [-0.4, -0.2) is 0 Å². The summed E-state index contributed by atoms with van der Waals surface area (Å²) in [6.45, 7) is 60.6. The molecule has 10 aromatic carbocycles. The van der Waals surface area contributed by atoms with Crippen molar-refractivity contribution in [2.24, 2.45) is 0 Å². The number of rotatable bonds is 3. The predicted octanol–water partition coefficient (Wildman–Crippen LogP) is 25.8. The number of hydrogen-bond acceptors (Lipinski definition) is 0. The summed E-state index contributed by atoms with van der Waals surface area (Å²) in [6.07, 6.45) is 0. The fourth-order valence-corrected chi connectivity index (χ4v) is 14.4. The molecule has 12 rings (SSSR count). The second kappa shape index (κ2) is 20.5. The molecule has 0 unspecified atom stereocenters. The van der Waals surface area contributed by atoms with Crippen LogP contribution in [-0.2, 0) is 37.9 Å². The van der Waals surface area contributed by atoms with Crippen molar-refractivity contribution in [2.45, 2.75) is 218 Å². The first kappa shape index (κ1) is 61.6. The summed E-state index contributed by atoms with van der Waals surface area (Å²) in [6, 6.07) is 53.5. The Balaban J connectivity index is 0.000000459. The molecular formula is C87H100. The Morgan fingerprint density at radius 2 is 0.575 bits per heavy atom. The van der Waals surface area contributed by atoms with Gasteiger partial charge in [-0.05, 0) is 256 Å². The average molecular weight is 1150 g/mol. The molecule has 0 saturated heterocycles. The van der Waals surface area contributed by atoms with E-state index in [4.69, 9.17) is 0 Å². The molecule has 0 spiro atoms. The van der Waals surface area contributed by atoms with Gasteiger partial charge in [0, 0.05) is 0 Å². The Labute approximate surface area is 525 Å². The first-order chi connectivity index (χ1) is 40.1. The first-order valence-corrected chi connectivity index (χ1v) is 32.5. The third-order valence-corrected chi connectivity index (χ3v) is 19.5. The van der Waals surface area contributed by atoms with E-state index >= 15 is 0 Å². The molecule has 448 valence electrons. The molecule has 0 bridgehead atoms. The van der Waals surface area contributed by atoms with Gasteiger partial charge in [-0.15, -0.1) is 0 Å². The number of fused-ring (bicyclic) bond motifs is 8. The van der Waals surface area contributed by atoms with Gasteiger partial charge in [0.25, 0.3) is 0 Å². The average Bonchev–Trinajstić information content (AvgIpc) is 1.54. The summed E-state index contributed by atoms with van der Waals surface area (Å²) in [5.74, 6) is 0. The minimum Gasteiger partial charge on any atom is -0.0616 e. The molecule has 2 aliphatic carbocycles. The Morgan fingerprint density at radius 3 is 1.00 bits per heavy atom. The van der Waals surface area contributed by atoms with Crippen molar-refractivity contribution in [3.8, 4) is 77.9 Å². The van der Waals surface area contributed by atoms with Crippen LogP contribution in [0.2, 0.25) is 0 Å². The highest BCUT2D eigenvalue weighted by atomic mass is 14.4. The standard InChI is InChI=1S/C72H76.C15H24/c1-39-30-46(69(8,9)10)31-40(2)58(39)64-52-25-24-45(68(5,6)7)38-57(52)67(59-41(3)32-47(33-42(59)4)70(11,12)13)66-54-27-26-51-56-36-43-22-20-21-23-50(43)60(63(56)53-28-29-55(65(64)66)62(54)61(51)53)44-34-48(71(14,15)16)37-49(35-44)72(17,18)19;1-11-8-12(14(2,3)4)10-13(9-11)15(5,6)7/h20-38H,1-19H3;8-10H,1-7H3. The van der Waals surface area contributed by atoms with Crippen LogP contribution in [0.5, 0.6) is 0 Å². The van der Waals surface area contributed by atoms with Crippen LogP contribution < -0.4 is 0 Å². The highest BCUT2D eigenvalue weighted by molar-refractivity contribution is 6.34. The van der Waals surface area contributed by atoms with E-state index < -0.39 is 0 Å². The van der Waals surface area contributed by atoms with Crippen molar-refractivity contribution >= 4 is 32.3 Å². The van der Waals surface area contributed by atoms with Gasteiger partial charge >= 0.3 is 0 Å². The second-order valence-electron chi connectivity index (χ2n) is 33.8. The van der Waals surface area contributed by atoms with Gasteiger partial charge in [-0.25, -0.2) is 0 Å². The van der Waals surface area contributed by atoms with E-state index in [9.17, 15) is 0 Å². The molecule has 0 radical (unpaired) electrons. The maximum atomic E-state index is 2.57. The Kier molecular flexibility index (Phi) is 14.5. The summed E-state index contributed by atoms with van der Waals surface area (Å²) >= 11 is 0. The number of aryl methyl sites for hydroxylation is 5. The molecule has 0 fully saturated rings. The smallest absolute Gasteiger partial charge is 0.000720 e. The van der Waals surface area contributed by atoms with Gasteiger partial charge in [-0.2, -0.15) is 0 Å². The lowest BCUT2D eigenvalue weighted by atomic mass is 9.75. The molecule has 0 N–H and O–H groups in total. The second-order valence-corrected chi connectivity index (χ2v) is 33.8. The quantitative estimate of drug-likeness (QED) is 0.165. The van der Waals surface area contributed by atoms with Crippen LogP contribution in [0, 0.1) is 34.6 Å². The molecule has 0 heterocycles. The summed E-state index contributed by atoms with van der Waals surface area (Å²) in [4.78, 5) is 0. The zero-order chi connectivity index (χ0) is 63.5. The summed E-state index contributed by atoms with van der Waals surface area (Å²) in [5, 5.41) is 8.05. The molecule has 0 saturated carbocycles. The van der Waals surface area contributed by atoms with Crippen molar-refractivity contribution in [3.63, 3.8) is 0 Å². The Morgan fingerprint density at radius 1 is 0.218 bits per heavy atom. The van der Waals surface area contributed by atoms with Crippen molar-refractivity contribution in [2.75, 3.05) is 0 Å². The SMILES string of the molecule is Cc1cc(C(C)(C)C)cc(C(C)(C)C)c1.Cc1cc(C(C)(C)C)cc(C)c1-c1c2c(c(-c3c(C)cc(C(C)(C)C)cc3C)c3cc(C(C)(C)C)ccc13)-c1ccc3c4c(ccc-2c14)-c1c-3cc2ccccc2c1-c1cc(C(C)(C)C)cc(C(C)(C)C)c1. The number of benzene rings is 10. The van der Waals surface area contributed by atoms with Gasteiger partial charge in [0.2, 0.25) is 0 Å². The lowest BCUT2D eigenvalue weighted by Gasteiger charge is -2.28. The molecule has 0 atom stereocenters. The Hall–Kier alpha value is -7.02. The van der Waals surface area contributed by atoms with Gasteiger partial charge in [-0.1, -0.05) is 272 Å². The van der Waals surface area contributed by atoms with Gasteiger partial charge in [0.1, 0.15) is 0 Å². The number of hydrogen-bond donors (Lipinski definition) is 0. The molecule has 0 amide bonds. The van der Waals surface area contributed by atoms with Crippen LogP contribution >= 0.6 is 0 Å². The molecule has 87 heavy (non-hydrogen) atoms. The molecule has 0 heteroatoms. The van der Waals surface area contributed by atoms with Crippen LogP contribution in [0.1, 0.15) is 212 Å². The van der Waals surface area contributed by atoms with Gasteiger partial charge in [-0.3, -0.25) is 0 Å². The first-order valence-electron chi connectivity index (χ1n) is 32.5. The van der Waals surface area contributed by atoms with E-state index in [0.717, 1.165) is 0 Å². The van der Waals surface area contributed by atoms with Crippen LogP contribution in [0.3, 0.4) is 0 Å². The van der Waals surface area contributed by atoms with E-state index in [1.165, 1.54) is 177 Å². The van der Waals surface area contributed by atoms with Gasteiger partial charge in [0.15, 0.2) is 0 Å². The van der Waals surface area contributed by atoms with E-state index in [0.29, 0.717) is 0 Å². The monoisotopic (exact) mass is 1140 g/mol. The Bertz CT molecular complexity index is 4380. The third-order valence-electron chi connectivity index (χ3n) is 19.5. The zero-order valence-electron chi connectivity index (χ0n) is 58.2. The third kappa shape index (κ3) is 10.7. The van der Waals surface area contributed by atoms with E-state index in [1.807, 2.05) is 0 Å². The summed E-state index contributed by atoms with van der Waals surface area (Å²) in [5.41, 5.74) is 35.9. The summed E-state index contributed by atoms with van der Waals surface area (Å²) in [7, 11) is 0. The molecule has 10 aromatic rings. The van der Waals surface area contributed by atoms with Crippen molar-refractivity contribution in [1.29, 1.82) is 0 Å². The highest BCUT2D eigenvalue weighted by Gasteiger charge is 2.38. The maximum absolute atomic E-state index is 2.57. The van der Waals surface area contributed by atoms with Crippen molar-refractivity contribution in [3.05, 3.63) is 200 Å². The van der Waals surface area contributed by atoms with Crippen LogP contribution in [0.25, 0.3) is 110 Å². The molecule has 0 nitrogen and oxygen atoms in total. The lowest BCUT2D eigenvalue weighted by Crippen LogP contribution is -2.16. The van der Waals surface area contributed by atoms with E-state index in [1.54, 1.807) is 0 Å². The molecule has 2 aliphatic rings. The topological polar surface area (TPSA) is 0 Å². The summed E-state index contributed by atoms with van der Waals surface area (Å²) < 4.78 is 0. The fraction of sp³-hybridized carbons (Fsp3) is 0.379. The van der Waals surface area contributed by atoms with Crippen LogP contribution in [0.15, 0.2) is 133 Å². The minimum absolute atomic E-state index is 0.0127. The normalized spacial score (nSPS) is 13.4. The predicted molar refractivity (Wildman–Crippen MR) is 385 cm³/mol. The molecule has 0 aliphatic heterocycles. The molecular weight excluding hydrogens is 1040 g/mol. The van der Waals surface area contributed by atoms with Crippen molar-refractivity contribution in [1.82, 2.24) is 0 Å². The fourth-order valence-electron chi connectivity index (χ4n) is 14.4. The zero-order valence-corrected chi connectivity index (χ0v) is 58.2.